The number of furan rings is 1. The number of aliphatic imine (C=N–C) groups is 1. The number of hydrogen-bond donors (Lipinski definition) is 2. The van der Waals surface area contributed by atoms with Gasteiger partial charge in [-0.1, -0.05) is 0 Å². The van der Waals surface area contributed by atoms with Crippen LogP contribution in [0.3, 0.4) is 0 Å². The number of thiophene rings is 1. The highest BCUT2D eigenvalue weighted by Gasteiger charge is 2.26. The van der Waals surface area contributed by atoms with Gasteiger partial charge in [0.25, 0.3) is 0 Å². The summed E-state index contributed by atoms with van der Waals surface area (Å²) in [5, 5.41) is 9.27. The average Bonchev–Trinajstić information content (AvgIpc) is 3.52. The van der Waals surface area contributed by atoms with E-state index in [4.69, 9.17) is 4.42 Å². The van der Waals surface area contributed by atoms with Gasteiger partial charge in [0.15, 0.2) is 5.96 Å². The Labute approximate surface area is 201 Å². The molecule has 2 aromatic heterocycles. The topological polar surface area (TPSA) is 56.0 Å². The molecule has 2 aromatic rings. The second kappa shape index (κ2) is 11.5. The molecule has 6 nitrogen and oxygen atoms in total. The molecule has 2 N–H and O–H groups in total. The van der Waals surface area contributed by atoms with E-state index in [9.17, 15) is 0 Å². The summed E-state index contributed by atoms with van der Waals surface area (Å²) in [6.45, 7) is 8.44. The number of likely N-dealkylation sites (tertiary alicyclic amines) is 1. The molecule has 2 aliphatic rings. The van der Waals surface area contributed by atoms with Crippen LogP contribution in [0.1, 0.15) is 42.0 Å². The minimum atomic E-state index is 0. The summed E-state index contributed by atoms with van der Waals surface area (Å²) in [7, 11) is 1.84. The molecule has 0 radical (unpaired) electrons. The summed E-state index contributed by atoms with van der Waals surface area (Å²) in [6.07, 6.45) is 5.47. The molecule has 0 spiro atoms. The monoisotopic (exact) mass is 543 g/mol. The van der Waals surface area contributed by atoms with Crippen LogP contribution in [-0.4, -0.2) is 61.6 Å². The number of rotatable bonds is 7. The maximum absolute atomic E-state index is 5.73. The molecule has 0 bridgehead atoms. The minimum absolute atomic E-state index is 0. The van der Waals surface area contributed by atoms with Gasteiger partial charge in [-0.15, -0.1) is 35.3 Å². The van der Waals surface area contributed by atoms with Gasteiger partial charge in [0.2, 0.25) is 0 Å². The van der Waals surface area contributed by atoms with Crippen molar-refractivity contribution in [2.75, 3.05) is 39.8 Å². The van der Waals surface area contributed by atoms with Crippen LogP contribution in [0.15, 0.2) is 39.3 Å². The molecular formula is C22H34IN5OS. The SMILES string of the molecule is CN=C(NCC(C)N1CCc2sccc2C1)NCC(c1ccco1)N1CCCC1.I. The van der Waals surface area contributed by atoms with Crippen molar-refractivity contribution in [1.29, 1.82) is 0 Å². The Morgan fingerprint density at radius 2 is 1.97 bits per heavy atom. The third kappa shape index (κ3) is 5.77. The van der Waals surface area contributed by atoms with Crippen LogP contribution in [0.25, 0.3) is 0 Å². The summed E-state index contributed by atoms with van der Waals surface area (Å²) >= 11 is 1.90. The van der Waals surface area contributed by atoms with Crippen molar-refractivity contribution in [1.82, 2.24) is 20.4 Å². The van der Waals surface area contributed by atoms with Gasteiger partial charge in [-0.2, -0.15) is 0 Å². The van der Waals surface area contributed by atoms with E-state index < -0.39 is 0 Å². The molecule has 0 aromatic carbocycles. The van der Waals surface area contributed by atoms with Crippen LogP contribution >= 0.6 is 35.3 Å². The van der Waals surface area contributed by atoms with Crippen molar-refractivity contribution in [2.45, 2.75) is 44.8 Å². The Morgan fingerprint density at radius 1 is 1.17 bits per heavy atom. The lowest BCUT2D eigenvalue weighted by Gasteiger charge is -2.33. The molecule has 2 aliphatic heterocycles. The second-order valence-corrected chi connectivity index (χ2v) is 9.05. The summed E-state index contributed by atoms with van der Waals surface area (Å²) in [6, 6.07) is 7.05. The van der Waals surface area contributed by atoms with Crippen LogP contribution in [0.5, 0.6) is 0 Å². The van der Waals surface area contributed by atoms with E-state index in [1.807, 2.05) is 24.5 Å². The van der Waals surface area contributed by atoms with Crippen molar-refractivity contribution >= 4 is 41.3 Å². The highest BCUT2D eigenvalue weighted by atomic mass is 127. The van der Waals surface area contributed by atoms with Gasteiger partial charge in [-0.3, -0.25) is 14.8 Å². The van der Waals surface area contributed by atoms with Gasteiger partial charge in [-0.05, 0) is 68.4 Å². The molecule has 0 aliphatic carbocycles. The zero-order chi connectivity index (χ0) is 20.1. The first-order valence-corrected chi connectivity index (χ1v) is 11.6. The second-order valence-electron chi connectivity index (χ2n) is 8.05. The maximum Gasteiger partial charge on any atom is 0.191 e. The fourth-order valence-electron chi connectivity index (χ4n) is 4.38. The molecule has 1 fully saturated rings. The molecule has 2 atom stereocenters. The zero-order valence-corrected chi connectivity index (χ0v) is 21.1. The fraction of sp³-hybridized carbons (Fsp3) is 0.591. The van der Waals surface area contributed by atoms with Crippen molar-refractivity contribution in [3.8, 4) is 0 Å². The molecule has 30 heavy (non-hydrogen) atoms. The molecule has 0 amide bonds. The van der Waals surface area contributed by atoms with Crippen LogP contribution in [0.4, 0.5) is 0 Å². The normalized spacial score (nSPS) is 19.7. The van der Waals surface area contributed by atoms with Crippen molar-refractivity contribution in [2.24, 2.45) is 4.99 Å². The molecular weight excluding hydrogens is 509 g/mol. The lowest BCUT2D eigenvalue weighted by molar-refractivity contribution is 0.192. The number of nitrogens with one attached hydrogen (secondary N) is 2. The van der Waals surface area contributed by atoms with Gasteiger partial charge in [-0.25, -0.2) is 0 Å². The van der Waals surface area contributed by atoms with E-state index in [1.165, 1.54) is 24.8 Å². The first-order valence-electron chi connectivity index (χ1n) is 10.8. The molecule has 4 rings (SSSR count). The van der Waals surface area contributed by atoms with Crippen LogP contribution in [0, 0.1) is 0 Å². The molecule has 1 saturated heterocycles. The first kappa shape index (κ1) is 23.6. The smallest absolute Gasteiger partial charge is 0.191 e. The Morgan fingerprint density at radius 3 is 2.70 bits per heavy atom. The van der Waals surface area contributed by atoms with Gasteiger partial charge >= 0.3 is 0 Å². The molecule has 2 unspecified atom stereocenters. The summed E-state index contributed by atoms with van der Waals surface area (Å²) in [5.74, 6) is 1.89. The highest BCUT2D eigenvalue weighted by molar-refractivity contribution is 14.0. The standard InChI is InChI=1S/C22H33N5OS.HI/c1-17(27-11-7-21-18(16-27)8-13-29-21)14-24-22(23-2)25-15-19(20-6-5-12-28-20)26-9-3-4-10-26;/h5-6,8,12-13,17,19H,3-4,7,9-11,14-16H2,1-2H3,(H2,23,24,25);1H. The Hall–Kier alpha value is -1.10. The lowest BCUT2D eigenvalue weighted by Crippen LogP contribution is -2.48. The summed E-state index contributed by atoms with van der Waals surface area (Å²) in [4.78, 5) is 11.1. The molecule has 166 valence electrons. The number of fused-ring (bicyclic) bond motifs is 1. The summed E-state index contributed by atoms with van der Waals surface area (Å²) < 4.78 is 5.73. The number of halogens is 1. The Balaban J connectivity index is 0.00000256. The van der Waals surface area contributed by atoms with E-state index >= 15 is 0 Å². The van der Waals surface area contributed by atoms with Crippen molar-refractivity contribution < 1.29 is 4.42 Å². The summed E-state index contributed by atoms with van der Waals surface area (Å²) in [5.41, 5.74) is 1.50. The van der Waals surface area contributed by atoms with Crippen LogP contribution in [-0.2, 0) is 13.0 Å². The molecule has 4 heterocycles. The largest absolute Gasteiger partial charge is 0.468 e. The van der Waals surface area contributed by atoms with E-state index in [0.29, 0.717) is 6.04 Å². The molecule has 0 saturated carbocycles. The van der Waals surface area contributed by atoms with Gasteiger partial charge < -0.3 is 15.1 Å². The van der Waals surface area contributed by atoms with Gasteiger partial charge in [0, 0.05) is 44.1 Å². The third-order valence-corrected chi connectivity index (χ3v) is 7.19. The van der Waals surface area contributed by atoms with E-state index in [-0.39, 0.29) is 30.0 Å². The van der Waals surface area contributed by atoms with Gasteiger partial charge in [0.05, 0.1) is 12.3 Å². The maximum atomic E-state index is 5.73. The van der Waals surface area contributed by atoms with E-state index in [2.05, 4.69) is 49.9 Å². The highest BCUT2D eigenvalue weighted by Crippen LogP contribution is 2.26. The quantitative estimate of drug-likeness (QED) is 0.317. The predicted molar refractivity (Wildman–Crippen MR) is 135 cm³/mol. The third-order valence-electron chi connectivity index (χ3n) is 6.16. The van der Waals surface area contributed by atoms with Crippen molar-refractivity contribution in [3.63, 3.8) is 0 Å². The van der Waals surface area contributed by atoms with Crippen LogP contribution in [0.2, 0.25) is 0 Å². The minimum Gasteiger partial charge on any atom is -0.468 e. The lowest BCUT2D eigenvalue weighted by atomic mass is 10.1. The Bertz CT molecular complexity index is 787. The zero-order valence-electron chi connectivity index (χ0n) is 18.0. The van der Waals surface area contributed by atoms with E-state index in [1.54, 1.807) is 11.1 Å². The number of nitrogens with zero attached hydrogens (tertiary/aromatic N) is 3. The van der Waals surface area contributed by atoms with Crippen molar-refractivity contribution in [3.05, 3.63) is 46.0 Å². The Kier molecular flexibility index (Phi) is 9.03. The van der Waals surface area contributed by atoms with Gasteiger partial charge in [0.1, 0.15) is 5.76 Å². The predicted octanol–water partition coefficient (Wildman–Crippen LogP) is 3.71. The average molecular weight is 544 g/mol. The number of hydrogen-bond acceptors (Lipinski definition) is 5. The van der Waals surface area contributed by atoms with Crippen LogP contribution < -0.4 is 10.6 Å². The van der Waals surface area contributed by atoms with E-state index in [0.717, 1.165) is 51.0 Å². The first-order chi connectivity index (χ1) is 14.2. The molecule has 8 heteroatoms. The number of guanidine groups is 1. The fourth-order valence-corrected chi connectivity index (χ4v) is 5.27.